The summed E-state index contributed by atoms with van der Waals surface area (Å²) >= 11 is 0. The van der Waals surface area contributed by atoms with Crippen molar-refractivity contribution in [3.63, 3.8) is 0 Å². The number of anilines is 1. The van der Waals surface area contributed by atoms with E-state index in [0.29, 0.717) is 40.7 Å². The molecular weight excluding hydrogens is 359 g/mol. The first-order valence-corrected chi connectivity index (χ1v) is 8.66. The number of nitrogen functional groups attached to an aromatic ring is 1. The Balaban J connectivity index is 1.45. The number of hydrogen-bond donors (Lipinski definition) is 1. The van der Waals surface area contributed by atoms with E-state index in [1.165, 1.54) is 6.07 Å². The molecule has 0 radical (unpaired) electrons. The molecule has 3 heterocycles. The summed E-state index contributed by atoms with van der Waals surface area (Å²) in [5, 5.41) is 4.01. The number of nitrogens with zero attached hydrogens (tertiary/aromatic N) is 3. The minimum absolute atomic E-state index is 0.239. The van der Waals surface area contributed by atoms with E-state index in [1.807, 2.05) is 12.1 Å². The molecule has 0 amide bonds. The summed E-state index contributed by atoms with van der Waals surface area (Å²) in [4.78, 5) is 8.10. The van der Waals surface area contributed by atoms with Gasteiger partial charge in [-0.3, -0.25) is 0 Å². The quantitative estimate of drug-likeness (QED) is 0.547. The fraction of sp³-hybridized carbons (Fsp3) is 0.0952. The van der Waals surface area contributed by atoms with Crippen LogP contribution >= 0.6 is 0 Å². The van der Waals surface area contributed by atoms with E-state index in [1.54, 1.807) is 48.8 Å². The number of benzene rings is 1. The first-order valence-electron chi connectivity index (χ1n) is 8.66. The largest absolute Gasteiger partial charge is 0.473 e. The molecule has 4 rings (SSSR count). The van der Waals surface area contributed by atoms with Crippen LogP contribution in [0.15, 0.2) is 71.5 Å². The number of pyridine rings is 2. The summed E-state index contributed by atoms with van der Waals surface area (Å²) in [6, 6.07) is 15.7. The zero-order valence-corrected chi connectivity index (χ0v) is 14.9. The molecule has 0 spiro atoms. The van der Waals surface area contributed by atoms with Crippen molar-refractivity contribution in [3.8, 4) is 17.2 Å². The minimum atomic E-state index is -0.326. The van der Waals surface area contributed by atoms with Crippen molar-refractivity contribution < 1.29 is 13.7 Å². The van der Waals surface area contributed by atoms with Crippen molar-refractivity contribution in [2.24, 2.45) is 0 Å². The van der Waals surface area contributed by atoms with Gasteiger partial charge in [-0.2, -0.15) is 0 Å². The zero-order chi connectivity index (χ0) is 19.3. The van der Waals surface area contributed by atoms with Crippen molar-refractivity contribution in [2.45, 2.75) is 13.0 Å². The molecule has 3 aromatic heterocycles. The predicted molar refractivity (Wildman–Crippen MR) is 102 cm³/mol. The van der Waals surface area contributed by atoms with Crippen LogP contribution in [0, 0.1) is 5.82 Å². The van der Waals surface area contributed by atoms with Crippen LogP contribution in [-0.4, -0.2) is 15.1 Å². The Labute approximate surface area is 160 Å². The fourth-order valence-electron chi connectivity index (χ4n) is 2.76. The van der Waals surface area contributed by atoms with Gasteiger partial charge in [0.15, 0.2) is 5.76 Å². The van der Waals surface area contributed by atoms with Gasteiger partial charge in [0.1, 0.15) is 18.2 Å². The molecule has 7 heteroatoms. The standard InChI is InChI=1S/C21H17FN4O2/c22-18-10-14(13-27-20-5-1-2-8-24-20)6-7-15(18)11-16-12-19(28-26-16)17-4-3-9-25-21(17)23/h1-10,12H,11,13H2,(H2,23,25). The van der Waals surface area contributed by atoms with Crippen LogP contribution in [0.3, 0.4) is 0 Å². The van der Waals surface area contributed by atoms with Crippen LogP contribution in [0.2, 0.25) is 0 Å². The van der Waals surface area contributed by atoms with Gasteiger partial charge >= 0.3 is 0 Å². The predicted octanol–water partition coefficient (Wildman–Crippen LogP) is 4.02. The molecule has 140 valence electrons. The third-order valence-electron chi connectivity index (χ3n) is 4.18. The summed E-state index contributed by atoms with van der Waals surface area (Å²) in [6.45, 7) is 0.239. The average molecular weight is 376 g/mol. The molecule has 2 N–H and O–H groups in total. The van der Waals surface area contributed by atoms with Gasteiger partial charge in [0.05, 0.1) is 11.3 Å². The van der Waals surface area contributed by atoms with Crippen LogP contribution < -0.4 is 10.5 Å². The lowest BCUT2D eigenvalue weighted by Crippen LogP contribution is -2.00. The first-order chi connectivity index (χ1) is 13.7. The van der Waals surface area contributed by atoms with Gasteiger partial charge in [-0.05, 0) is 35.4 Å². The summed E-state index contributed by atoms with van der Waals surface area (Å²) in [5.74, 6) is 1.03. The highest BCUT2D eigenvalue weighted by Crippen LogP contribution is 2.25. The molecule has 0 unspecified atom stereocenters. The highest BCUT2D eigenvalue weighted by molar-refractivity contribution is 5.69. The number of ether oxygens (including phenoxy) is 1. The summed E-state index contributed by atoms with van der Waals surface area (Å²) in [7, 11) is 0. The Kier molecular flexibility index (Phi) is 4.97. The molecule has 0 atom stereocenters. The molecule has 0 bridgehead atoms. The van der Waals surface area contributed by atoms with E-state index in [2.05, 4.69) is 15.1 Å². The second kappa shape index (κ2) is 7.87. The second-order valence-electron chi connectivity index (χ2n) is 6.18. The van der Waals surface area contributed by atoms with E-state index in [-0.39, 0.29) is 12.4 Å². The van der Waals surface area contributed by atoms with Gasteiger partial charge in [0, 0.05) is 30.9 Å². The van der Waals surface area contributed by atoms with Crippen molar-refractivity contribution in [2.75, 3.05) is 5.73 Å². The number of halogens is 1. The van der Waals surface area contributed by atoms with E-state index in [0.717, 1.165) is 5.56 Å². The van der Waals surface area contributed by atoms with Gasteiger partial charge in [-0.1, -0.05) is 23.4 Å². The van der Waals surface area contributed by atoms with E-state index in [4.69, 9.17) is 15.0 Å². The van der Waals surface area contributed by atoms with Crippen LogP contribution in [0.1, 0.15) is 16.8 Å². The Hall–Kier alpha value is -3.74. The Morgan fingerprint density at radius 3 is 2.68 bits per heavy atom. The molecule has 28 heavy (non-hydrogen) atoms. The Bertz CT molecular complexity index is 1080. The molecule has 0 aliphatic carbocycles. The molecular formula is C21H17FN4O2. The first kappa shape index (κ1) is 17.7. The van der Waals surface area contributed by atoms with E-state index in [9.17, 15) is 4.39 Å². The van der Waals surface area contributed by atoms with Crippen molar-refractivity contribution >= 4 is 5.82 Å². The molecule has 1 aromatic carbocycles. The monoisotopic (exact) mass is 376 g/mol. The SMILES string of the molecule is Nc1ncccc1-c1cc(Cc2ccc(COc3ccccn3)cc2F)no1. The topological polar surface area (TPSA) is 87.1 Å². The lowest BCUT2D eigenvalue weighted by Gasteiger charge is -2.07. The number of aromatic nitrogens is 3. The van der Waals surface area contributed by atoms with Gasteiger partial charge < -0.3 is 15.0 Å². The van der Waals surface area contributed by atoms with Crippen LogP contribution in [0.5, 0.6) is 5.88 Å². The smallest absolute Gasteiger partial charge is 0.213 e. The molecule has 0 aliphatic heterocycles. The summed E-state index contributed by atoms with van der Waals surface area (Å²) < 4.78 is 25.4. The van der Waals surface area contributed by atoms with E-state index < -0.39 is 0 Å². The van der Waals surface area contributed by atoms with Crippen LogP contribution in [0.25, 0.3) is 11.3 Å². The highest BCUT2D eigenvalue weighted by Gasteiger charge is 2.13. The van der Waals surface area contributed by atoms with Crippen LogP contribution in [0.4, 0.5) is 10.2 Å². The third kappa shape index (κ3) is 3.98. The molecule has 0 fully saturated rings. The zero-order valence-electron chi connectivity index (χ0n) is 14.9. The normalized spacial score (nSPS) is 10.8. The number of rotatable bonds is 6. The van der Waals surface area contributed by atoms with Gasteiger partial charge in [-0.25, -0.2) is 14.4 Å². The molecule has 0 aliphatic rings. The average Bonchev–Trinajstić information content (AvgIpc) is 3.18. The van der Waals surface area contributed by atoms with Gasteiger partial charge in [-0.15, -0.1) is 0 Å². The van der Waals surface area contributed by atoms with Crippen molar-refractivity contribution in [3.05, 3.63) is 89.6 Å². The Morgan fingerprint density at radius 1 is 1.00 bits per heavy atom. The highest BCUT2D eigenvalue weighted by atomic mass is 19.1. The number of hydrogen-bond acceptors (Lipinski definition) is 6. The third-order valence-corrected chi connectivity index (χ3v) is 4.18. The lowest BCUT2D eigenvalue weighted by atomic mass is 10.1. The minimum Gasteiger partial charge on any atom is -0.473 e. The van der Waals surface area contributed by atoms with Crippen molar-refractivity contribution in [1.29, 1.82) is 0 Å². The van der Waals surface area contributed by atoms with Gasteiger partial charge in [0.25, 0.3) is 0 Å². The van der Waals surface area contributed by atoms with Gasteiger partial charge in [0.2, 0.25) is 5.88 Å². The molecule has 6 nitrogen and oxygen atoms in total. The van der Waals surface area contributed by atoms with Crippen molar-refractivity contribution in [1.82, 2.24) is 15.1 Å². The maximum Gasteiger partial charge on any atom is 0.213 e. The van der Waals surface area contributed by atoms with Crippen LogP contribution in [-0.2, 0) is 13.0 Å². The maximum atomic E-state index is 14.5. The molecule has 0 saturated heterocycles. The summed E-state index contributed by atoms with van der Waals surface area (Å²) in [6.07, 6.45) is 3.55. The second-order valence-corrected chi connectivity index (χ2v) is 6.18. The van der Waals surface area contributed by atoms with E-state index >= 15 is 0 Å². The lowest BCUT2D eigenvalue weighted by molar-refractivity contribution is 0.293. The molecule has 0 saturated carbocycles. The summed E-state index contributed by atoms with van der Waals surface area (Å²) in [5.41, 5.74) is 8.35. The fourth-order valence-corrected chi connectivity index (χ4v) is 2.76. The number of nitrogens with two attached hydrogens (primary N) is 1. The maximum absolute atomic E-state index is 14.5. The molecule has 4 aromatic rings. The Morgan fingerprint density at radius 2 is 1.89 bits per heavy atom.